The fraction of sp³-hybridized carbons (Fsp3) is 1.00. The van der Waals surface area contributed by atoms with Gasteiger partial charge in [-0.25, -0.2) is 0 Å². The number of nitrogens with one attached hydrogen (secondary N) is 1. The first kappa shape index (κ1) is 11.8. The van der Waals surface area contributed by atoms with Gasteiger partial charge in [0.25, 0.3) is 0 Å². The summed E-state index contributed by atoms with van der Waals surface area (Å²) in [5.41, 5.74) is 0. The van der Waals surface area contributed by atoms with Crippen LogP contribution in [0.25, 0.3) is 0 Å². The van der Waals surface area contributed by atoms with Crippen LogP contribution >= 0.6 is 0 Å². The molecule has 0 aliphatic carbocycles. The van der Waals surface area contributed by atoms with Gasteiger partial charge in [0.2, 0.25) is 0 Å². The van der Waals surface area contributed by atoms with Crippen LogP contribution in [0.5, 0.6) is 0 Å². The molecule has 0 saturated carbocycles. The molecule has 14 heavy (non-hydrogen) atoms. The van der Waals surface area contributed by atoms with Crippen LogP contribution in [0, 0.1) is 5.92 Å². The van der Waals surface area contributed by atoms with Gasteiger partial charge in [-0.3, -0.25) is 0 Å². The second kappa shape index (κ2) is 4.98. The number of hydrogen-bond acceptors (Lipinski definition) is 2. The second-order valence-electron chi connectivity index (χ2n) is 3.67. The molecule has 1 fully saturated rings. The number of ether oxygens (including phenoxy) is 1. The zero-order valence-electron chi connectivity index (χ0n) is 8.23. The van der Waals surface area contributed by atoms with Crippen LogP contribution in [0.1, 0.15) is 19.3 Å². The summed E-state index contributed by atoms with van der Waals surface area (Å²) in [5, 5.41) is 2.94. The van der Waals surface area contributed by atoms with E-state index in [2.05, 4.69) is 5.32 Å². The number of rotatable bonds is 4. The lowest BCUT2D eigenvalue weighted by molar-refractivity contribution is -0.137. The molecule has 1 heterocycles. The van der Waals surface area contributed by atoms with Gasteiger partial charge in [-0.1, -0.05) is 0 Å². The normalized spacial score (nSPS) is 25.3. The fourth-order valence-electron chi connectivity index (χ4n) is 1.80. The Labute approximate surface area is 81.8 Å². The Morgan fingerprint density at radius 3 is 2.64 bits per heavy atom. The van der Waals surface area contributed by atoms with Crippen LogP contribution in [0.4, 0.5) is 13.2 Å². The summed E-state index contributed by atoms with van der Waals surface area (Å²) < 4.78 is 41.1. The zero-order chi connectivity index (χ0) is 10.6. The Bertz CT molecular complexity index is 166. The molecule has 1 rings (SSSR count). The maximum absolute atomic E-state index is 12.0. The SMILES string of the molecule is CNC(CCC(F)(F)F)C1CCOC1. The van der Waals surface area contributed by atoms with Gasteiger partial charge >= 0.3 is 6.18 Å². The van der Waals surface area contributed by atoms with Gasteiger partial charge in [-0.15, -0.1) is 0 Å². The van der Waals surface area contributed by atoms with E-state index in [0.717, 1.165) is 6.42 Å². The van der Waals surface area contributed by atoms with Crippen LogP contribution in [0.15, 0.2) is 0 Å². The second-order valence-corrected chi connectivity index (χ2v) is 3.67. The molecular weight excluding hydrogens is 195 g/mol. The van der Waals surface area contributed by atoms with Gasteiger partial charge in [0.15, 0.2) is 0 Å². The molecule has 0 spiro atoms. The third-order valence-electron chi connectivity index (χ3n) is 2.64. The van der Waals surface area contributed by atoms with E-state index < -0.39 is 12.6 Å². The predicted octanol–water partition coefficient (Wildman–Crippen LogP) is 1.95. The molecule has 5 heteroatoms. The van der Waals surface area contributed by atoms with E-state index in [1.165, 1.54) is 0 Å². The largest absolute Gasteiger partial charge is 0.389 e. The highest BCUT2D eigenvalue weighted by Gasteiger charge is 2.31. The van der Waals surface area contributed by atoms with Crippen molar-refractivity contribution in [1.82, 2.24) is 5.32 Å². The molecule has 0 bridgehead atoms. The highest BCUT2D eigenvalue weighted by atomic mass is 19.4. The first-order valence-electron chi connectivity index (χ1n) is 4.84. The quantitative estimate of drug-likeness (QED) is 0.767. The summed E-state index contributed by atoms with van der Waals surface area (Å²) in [6, 6.07) is -0.0703. The Morgan fingerprint density at radius 2 is 2.21 bits per heavy atom. The van der Waals surface area contributed by atoms with E-state index in [4.69, 9.17) is 4.74 Å². The molecule has 1 saturated heterocycles. The first-order chi connectivity index (χ1) is 6.53. The molecule has 2 atom stereocenters. The zero-order valence-corrected chi connectivity index (χ0v) is 8.23. The average molecular weight is 211 g/mol. The van der Waals surface area contributed by atoms with Crippen molar-refractivity contribution < 1.29 is 17.9 Å². The van der Waals surface area contributed by atoms with E-state index in [0.29, 0.717) is 13.2 Å². The third kappa shape index (κ3) is 3.84. The van der Waals surface area contributed by atoms with Crippen molar-refractivity contribution in [2.75, 3.05) is 20.3 Å². The van der Waals surface area contributed by atoms with Crippen molar-refractivity contribution in [3.05, 3.63) is 0 Å². The lowest BCUT2D eigenvalue weighted by Crippen LogP contribution is -2.35. The molecule has 1 aliphatic heterocycles. The van der Waals surface area contributed by atoms with E-state index in [9.17, 15) is 13.2 Å². The van der Waals surface area contributed by atoms with Crippen molar-refractivity contribution in [2.24, 2.45) is 5.92 Å². The summed E-state index contributed by atoms with van der Waals surface area (Å²) in [6.07, 6.45) is -3.75. The van der Waals surface area contributed by atoms with Crippen LogP contribution in [0.2, 0.25) is 0 Å². The van der Waals surface area contributed by atoms with Crippen LogP contribution in [-0.2, 0) is 4.74 Å². The summed E-state index contributed by atoms with van der Waals surface area (Å²) >= 11 is 0. The molecule has 0 radical (unpaired) electrons. The van der Waals surface area contributed by atoms with E-state index in [-0.39, 0.29) is 18.4 Å². The standard InChI is InChI=1S/C9H16F3NO/c1-13-8(2-4-9(10,11)12)7-3-5-14-6-7/h7-8,13H,2-6H2,1H3. The summed E-state index contributed by atoms with van der Waals surface area (Å²) in [4.78, 5) is 0. The number of alkyl halides is 3. The number of halogens is 3. The smallest absolute Gasteiger partial charge is 0.381 e. The lowest BCUT2D eigenvalue weighted by atomic mass is 9.95. The molecule has 0 amide bonds. The molecule has 84 valence electrons. The van der Waals surface area contributed by atoms with Crippen LogP contribution in [-0.4, -0.2) is 32.5 Å². The minimum Gasteiger partial charge on any atom is -0.381 e. The van der Waals surface area contributed by atoms with Crippen LogP contribution in [0.3, 0.4) is 0 Å². The predicted molar refractivity (Wildman–Crippen MR) is 47.1 cm³/mol. The summed E-state index contributed by atoms with van der Waals surface area (Å²) in [5.74, 6) is 0.238. The third-order valence-corrected chi connectivity index (χ3v) is 2.64. The molecule has 0 aromatic carbocycles. The van der Waals surface area contributed by atoms with Gasteiger partial charge in [0.1, 0.15) is 0 Å². The van der Waals surface area contributed by atoms with E-state index in [1.807, 2.05) is 0 Å². The van der Waals surface area contributed by atoms with Crippen molar-refractivity contribution in [2.45, 2.75) is 31.5 Å². The molecule has 0 aromatic heterocycles. The van der Waals surface area contributed by atoms with E-state index in [1.54, 1.807) is 7.05 Å². The maximum atomic E-state index is 12.0. The topological polar surface area (TPSA) is 21.3 Å². The highest BCUT2D eigenvalue weighted by molar-refractivity contribution is 4.78. The first-order valence-corrected chi connectivity index (χ1v) is 4.84. The highest BCUT2D eigenvalue weighted by Crippen LogP contribution is 2.26. The van der Waals surface area contributed by atoms with Crippen molar-refractivity contribution in [3.63, 3.8) is 0 Å². The Balaban J connectivity index is 2.31. The Hall–Kier alpha value is -0.290. The van der Waals surface area contributed by atoms with Crippen molar-refractivity contribution in [1.29, 1.82) is 0 Å². The molecule has 0 aromatic rings. The monoisotopic (exact) mass is 211 g/mol. The molecular formula is C9H16F3NO. The lowest BCUT2D eigenvalue weighted by Gasteiger charge is -2.22. The summed E-state index contributed by atoms with van der Waals surface area (Å²) in [7, 11) is 1.71. The van der Waals surface area contributed by atoms with Gasteiger partial charge in [-0.05, 0) is 25.8 Å². The Kier molecular flexibility index (Phi) is 4.19. The fourth-order valence-corrected chi connectivity index (χ4v) is 1.80. The maximum Gasteiger partial charge on any atom is 0.389 e. The molecule has 2 unspecified atom stereocenters. The van der Waals surface area contributed by atoms with Gasteiger partial charge < -0.3 is 10.1 Å². The van der Waals surface area contributed by atoms with Gasteiger partial charge in [0.05, 0.1) is 6.61 Å². The minimum absolute atomic E-state index is 0.0703. The van der Waals surface area contributed by atoms with Gasteiger partial charge in [-0.2, -0.15) is 13.2 Å². The van der Waals surface area contributed by atoms with Crippen molar-refractivity contribution in [3.8, 4) is 0 Å². The molecule has 2 nitrogen and oxygen atoms in total. The number of hydrogen-bond donors (Lipinski definition) is 1. The van der Waals surface area contributed by atoms with Crippen molar-refractivity contribution >= 4 is 0 Å². The minimum atomic E-state index is -4.05. The Morgan fingerprint density at radius 1 is 1.50 bits per heavy atom. The van der Waals surface area contributed by atoms with Gasteiger partial charge in [0, 0.05) is 19.1 Å². The molecule has 1 aliphatic rings. The average Bonchev–Trinajstić information content (AvgIpc) is 2.56. The van der Waals surface area contributed by atoms with E-state index >= 15 is 0 Å². The van der Waals surface area contributed by atoms with Crippen LogP contribution < -0.4 is 5.32 Å². The molecule has 1 N–H and O–H groups in total. The summed E-state index contributed by atoms with van der Waals surface area (Å²) in [6.45, 7) is 1.26.